The molecule has 0 aliphatic heterocycles. The van der Waals surface area contributed by atoms with Gasteiger partial charge in [-0.3, -0.25) is 5.43 Å². The van der Waals surface area contributed by atoms with Crippen molar-refractivity contribution < 1.29 is 0 Å². The summed E-state index contributed by atoms with van der Waals surface area (Å²) in [6.45, 7) is 6.27. The highest BCUT2D eigenvalue weighted by molar-refractivity contribution is 7.13. The van der Waals surface area contributed by atoms with Crippen LogP contribution < -0.4 is 5.43 Å². The third-order valence-electron chi connectivity index (χ3n) is 3.38. The Morgan fingerprint density at radius 3 is 2.71 bits per heavy atom. The standard InChI is InChI=1S/C17H17N3S/c1-11-5-4-6-15-12(2)9-16(19-17(11)15)20-18-10-14-8-7-13(3)21-14/h4-10H,1-3H3,(H,19,20). The fourth-order valence-corrected chi connectivity index (χ4v) is 3.05. The Labute approximate surface area is 128 Å². The van der Waals surface area contributed by atoms with Crippen molar-refractivity contribution in [1.29, 1.82) is 0 Å². The number of nitrogens with one attached hydrogen (secondary N) is 1. The van der Waals surface area contributed by atoms with Crippen LogP contribution in [0.5, 0.6) is 0 Å². The Balaban J connectivity index is 1.87. The van der Waals surface area contributed by atoms with E-state index in [-0.39, 0.29) is 0 Å². The molecule has 1 N–H and O–H groups in total. The number of hydrazone groups is 1. The van der Waals surface area contributed by atoms with E-state index in [0.29, 0.717) is 0 Å². The monoisotopic (exact) mass is 295 g/mol. The van der Waals surface area contributed by atoms with E-state index < -0.39 is 0 Å². The molecule has 0 atom stereocenters. The van der Waals surface area contributed by atoms with Gasteiger partial charge in [0.15, 0.2) is 0 Å². The van der Waals surface area contributed by atoms with Crippen LogP contribution in [0.2, 0.25) is 0 Å². The zero-order chi connectivity index (χ0) is 14.8. The quantitative estimate of drug-likeness (QED) is 0.563. The van der Waals surface area contributed by atoms with Gasteiger partial charge in [-0.25, -0.2) is 4.98 Å². The second-order valence-corrected chi connectivity index (χ2v) is 6.43. The van der Waals surface area contributed by atoms with Gasteiger partial charge in [0.05, 0.1) is 11.7 Å². The highest BCUT2D eigenvalue weighted by atomic mass is 32.1. The van der Waals surface area contributed by atoms with Crippen molar-refractivity contribution in [1.82, 2.24) is 4.98 Å². The van der Waals surface area contributed by atoms with E-state index in [1.165, 1.54) is 21.4 Å². The molecule has 0 saturated carbocycles. The summed E-state index contributed by atoms with van der Waals surface area (Å²) in [7, 11) is 0. The first-order valence-electron chi connectivity index (χ1n) is 6.86. The van der Waals surface area contributed by atoms with Gasteiger partial charge >= 0.3 is 0 Å². The van der Waals surface area contributed by atoms with Crippen LogP contribution in [0.4, 0.5) is 5.82 Å². The largest absolute Gasteiger partial charge is 0.261 e. The van der Waals surface area contributed by atoms with Gasteiger partial charge in [0.1, 0.15) is 5.82 Å². The minimum absolute atomic E-state index is 0.777. The third-order valence-corrected chi connectivity index (χ3v) is 4.32. The lowest BCUT2D eigenvalue weighted by molar-refractivity contribution is 1.24. The Morgan fingerprint density at radius 1 is 1.10 bits per heavy atom. The number of rotatable bonds is 3. The number of hydrogen-bond donors (Lipinski definition) is 1. The van der Waals surface area contributed by atoms with Crippen molar-refractivity contribution in [3.63, 3.8) is 0 Å². The lowest BCUT2D eigenvalue weighted by Gasteiger charge is -2.07. The molecule has 0 radical (unpaired) electrons. The van der Waals surface area contributed by atoms with E-state index in [2.05, 4.69) is 66.6 Å². The van der Waals surface area contributed by atoms with E-state index in [9.17, 15) is 0 Å². The molecule has 0 bridgehead atoms. The van der Waals surface area contributed by atoms with E-state index in [0.717, 1.165) is 16.2 Å². The number of aryl methyl sites for hydroxylation is 3. The van der Waals surface area contributed by atoms with Crippen molar-refractivity contribution in [3.05, 3.63) is 57.3 Å². The maximum atomic E-state index is 4.65. The number of thiophene rings is 1. The molecule has 0 saturated heterocycles. The van der Waals surface area contributed by atoms with Gasteiger partial charge < -0.3 is 0 Å². The van der Waals surface area contributed by atoms with E-state index in [4.69, 9.17) is 0 Å². The molecule has 3 aromatic rings. The molecule has 0 fully saturated rings. The van der Waals surface area contributed by atoms with E-state index in [1.54, 1.807) is 11.3 Å². The molecular weight excluding hydrogens is 278 g/mol. The van der Waals surface area contributed by atoms with Gasteiger partial charge in [0.25, 0.3) is 0 Å². The summed E-state index contributed by atoms with van der Waals surface area (Å²) in [4.78, 5) is 7.07. The van der Waals surface area contributed by atoms with Crippen molar-refractivity contribution >= 4 is 34.3 Å². The lowest BCUT2D eigenvalue weighted by Crippen LogP contribution is -1.96. The number of nitrogens with zero attached hydrogens (tertiary/aromatic N) is 2. The molecule has 2 aromatic heterocycles. The normalized spacial score (nSPS) is 11.4. The molecular formula is C17H17N3S. The zero-order valence-corrected chi connectivity index (χ0v) is 13.2. The molecule has 0 spiro atoms. The number of anilines is 1. The number of pyridine rings is 1. The Bertz CT molecular complexity index is 818. The first kappa shape index (κ1) is 13.8. The van der Waals surface area contributed by atoms with Gasteiger partial charge in [-0.2, -0.15) is 5.10 Å². The first-order chi connectivity index (χ1) is 10.1. The van der Waals surface area contributed by atoms with Crippen molar-refractivity contribution in [3.8, 4) is 0 Å². The van der Waals surface area contributed by atoms with Crippen LogP contribution >= 0.6 is 11.3 Å². The molecule has 3 rings (SSSR count). The minimum atomic E-state index is 0.777. The maximum absolute atomic E-state index is 4.65. The van der Waals surface area contributed by atoms with Crippen molar-refractivity contribution in [2.75, 3.05) is 5.43 Å². The first-order valence-corrected chi connectivity index (χ1v) is 7.67. The van der Waals surface area contributed by atoms with Crippen LogP contribution in [-0.4, -0.2) is 11.2 Å². The van der Waals surface area contributed by atoms with Crippen LogP contribution in [0.25, 0.3) is 10.9 Å². The van der Waals surface area contributed by atoms with Crippen LogP contribution in [0.15, 0.2) is 41.5 Å². The number of fused-ring (bicyclic) bond motifs is 1. The van der Waals surface area contributed by atoms with Crippen LogP contribution in [0.3, 0.4) is 0 Å². The van der Waals surface area contributed by atoms with Gasteiger partial charge in [-0.1, -0.05) is 18.2 Å². The van der Waals surface area contributed by atoms with Crippen molar-refractivity contribution in [2.45, 2.75) is 20.8 Å². The summed E-state index contributed by atoms with van der Waals surface area (Å²) < 4.78 is 0. The summed E-state index contributed by atoms with van der Waals surface area (Å²) in [6.07, 6.45) is 1.83. The van der Waals surface area contributed by atoms with E-state index in [1.807, 2.05) is 12.3 Å². The summed E-state index contributed by atoms with van der Waals surface area (Å²) in [5.41, 5.74) is 6.44. The summed E-state index contributed by atoms with van der Waals surface area (Å²) in [6, 6.07) is 12.4. The summed E-state index contributed by atoms with van der Waals surface area (Å²) >= 11 is 1.72. The third kappa shape index (κ3) is 2.95. The molecule has 0 amide bonds. The van der Waals surface area contributed by atoms with Gasteiger partial charge in [0, 0.05) is 15.1 Å². The number of hydrogen-bond acceptors (Lipinski definition) is 4. The molecule has 0 aliphatic rings. The molecule has 4 heteroatoms. The average molecular weight is 295 g/mol. The van der Waals surface area contributed by atoms with Crippen LogP contribution in [0, 0.1) is 20.8 Å². The number of para-hydroxylation sites is 1. The number of benzene rings is 1. The molecule has 21 heavy (non-hydrogen) atoms. The van der Waals surface area contributed by atoms with Gasteiger partial charge in [-0.05, 0) is 50.1 Å². The highest BCUT2D eigenvalue weighted by Gasteiger charge is 2.04. The Hall–Kier alpha value is -2.20. The number of aromatic nitrogens is 1. The SMILES string of the molecule is Cc1ccc(C=NNc2cc(C)c3cccc(C)c3n2)s1. The molecule has 1 aromatic carbocycles. The van der Waals surface area contributed by atoms with Gasteiger partial charge in [0.2, 0.25) is 0 Å². The fourth-order valence-electron chi connectivity index (χ4n) is 2.30. The molecule has 106 valence electrons. The Morgan fingerprint density at radius 2 is 1.95 bits per heavy atom. The zero-order valence-electron chi connectivity index (χ0n) is 12.3. The molecule has 0 unspecified atom stereocenters. The Kier molecular flexibility index (Phi) is 3.71. The molecule has 3 nitrogen and oxygen atoms in total. The maximum Gasteiger partial charge on any atom is 0.147 e. The van der Waals surface area contributed by atoms with Crippen LogP contribution in [-0.2, 0) is 0 Å². The average Bonchev–Trinajstić information content (AvgIpc) is 2.86. The second-order valence-electron chi connectivity index (χ2n) is 5.11. The highest BCUT2D eigenvalue weighted by Crippen LogP contribution is 2.22. The minimum Gasteiger partial charge on any atom is -0.261 e. The van der Waals surface area contributed by atoms with Crippen molar-refractivity contribution in [2.24, 2.45) is 5.10 Å². The predicted molar refractivity (Wildman–Crippen MR) is 91.5 cm³/mol. The smallest absolute Gasteiger partial charge is 0.147 e. The predicted octanol–water partition coefficient (Wildman–Crippen LogP) is 4.67. The second kappa shape index (κ2) is 5.66. The molecule has 2 heterocycles. The summed E-state index contributed by atoms with van der Waals surface area (Å²) in [5, 5.41) is 5.47. The van der Waals surface area contributed by atoms with Gasteiger partial charge in [-0.15, -0.1) is 11.3 Å². The summed E-state index contributed by atoms with van der Waals surface area (Å²) in [5.74, 6) is 0.777. The fraction of sp³-hybridized carbons (Fsp3) is 0.176. The van der Waals surface area contributed by atoms with Crippen LogP contribution in [0.1, 0.15) is 20.9 Å². The topological polar surface area (TPSA) is 37.3 Å². The lowest BCUT2D eigenvalue weighted by atomic mass is 10.1. The van der Waals surface area contributed by atoms with E-state index >= 15 is 0 Å². The molecule has 0 aliphatic carbocycles.